The summed E-state index contributed by atoms with van der Waals surface area (Å²) in [5.74, 6) is 3.31. The van der Waals surface area contributed by atoms with Gasteiger partial charge in [-0.15, -0.1) is 0 Å². The summed E-state index contributed by atoms with van der Waals surface area (Å²) in [4.78, 5) is 0. The quantitative estimate of drug-likeness (QED) is 0.662. The number of aliphatic hydroxyl groups is 2. The smallest absolute Gasteiger partial charge is 0.104 e. The molecule has 0 bridgehead atoms. The summed E-state index contributed by atoms with van der Waals surface area (Å²) < 4.78 is 6.64. The molecule has 0 aromatic carbocycles. The van der Waals surface area contributed by atoms with Crippen LogP contribution in [0.3, 0.4) is 0 Å². The van der Waals surface area contributed by atoms with E-state index in [1.165, 1.54) is 62.7 Å². The number of aliphatic hydroxyl groups excluding tert-OH is 2. The predicted molar refractivity (Wildman–Crippen MR) is 111 cm³/mol. The standard InChI is InChI=1S/C25H38O3/c1-24-13-12-22-20(8-7-17-15-18(27)11-14-25(17,22)16-26)21(24)9-10-23(24)28-19-5-3-2-4-6-19/h5,15,18,20-23,26-27H,2-4,6-14,16H2,1H3/t18?,20-,21-,22+,23?,24-,25+/m0/s1. The minimum atomic E-state index is -0.298. The summed E-state index contributed by atoms with van der Waals surface area (Å²) >= 11 is 0. The minimum Gasteiger partial charge on any atom is -0.495 e. The highest BCUT2D eigenvalue weighted by molar-refractivity contribution is 5.27. The maximum absolute atomic E-state index is 10.5. The molecule has 3 saturated carbocycles. The van der Waals surface area contributed by atoms with Crippen molar-refractivity contribution in [3.05, 3.63) is 23.5 Å². The molecule has 3 heteroatoms. The second-order valence-electron chi connectivity index (χ2n) is 10.7. The van der Waals surface area contributed by atoms with E-state index in [2.05, 4.69) is 19.1 Å². The van der Waals surface area contributed by atoms with Gasteiger partial charge in [-0.25, -0.2) is 0 Å². The molecule has 0 radical (unpaired) electrons. The summed E-state index contributed by atoms with van der Waals surface area (Å²) in [6, 6.07) is 0. The number of rotatable bonds is 3. The molecule has 2 N–H and O–H groups in total. The molecule has 3 nitrogen and oxygen atoms in total. The van der Waals surface area contributed by atoms with Crippen LogP contribution in [0.2, 0.25) is 0 Å². The Labute approximate surface area is 170 Å². The van der Waals surface area contributed by atoms with Gasteiger partial charge in [0, 0.05) is 17.3 Å². The fourth-order valence-electron chi connectivity index (χ4n) is 8.04. The molecule has 5 aliphatic rings. The van der Waals surface area contributed by atoms with Gasteiger partial charge in [0.25, 0.3) is 0 Å². The van der Waals surface area contributed by atoms with Crippen LogP contribution in [0.4, 0.5) is 0 Å². The van der Waals surface area contributed by atoms with Crippen LogP contribution in [0, 0.1) is 28.6 Å². The van der Waals surface area contributed by atoms with Gasteiger partial charge in [0.1, 0.15) is 6.10 Å². The third-order valence-electron chi connectivity index (χ3n) is 9.55. The van der Waals surface area contributed by atoms with Crippen LogP contribution in [0.5, 0.6) is 0 Å². The molecule has 156 valence electrons. The first-order valence-electron chi connectivity index (χ1n) is 11.9. The van der Waals surface area contributed by atoms with Crippen LogP contribution in [0.15, 0.2) is 23.5 Å². The van der Waals surface area contributed by atoms with Gasteiger partial charge in [0.05, 0.1) is 18.5 Å². The van der Waals surface area contributed by atoms with Crippen molar-refractivity contribution in [2.24, 2.45) is 28.6 Å². The van der Waals surface area contributed by atoms with E-state index in [9.17, 15) is 10.2 Å². The fourth-order valence-corrected chi connectivity index (χ4v) is 8.04. The number of ether oxygens (including phenoxy) is 1. The monoisotopic (exact) mass is 386 g/mol. The molecule has 0 heterocycles. The third-order valence-corrected chi connectivity index (χ3v) is 9.55. The lowest BCUT2D eigenvalue weighted by Crippen LogP contribution is -2.53. The topological polar surface area (TPSA) is 49.7 Å². The minimum absolute atomic E-state index is 0.0473. The predicted octanol–water partition coefficient (Wildman–Crippen LogP) is 5.13. The number of hydrogen-bond acceptors (Lipinski definition) is 3. The Morgan fingerprint density at radius 2 is 1.93 bits per heavy atom. The van der Waals surface area contributed by atoms with Gasteiger partial charge in [-0.1, -0.05) is 18.6 Å². The van der Waals surface area contributed by atoms with Gasteiger partial charge in [-0.3, -0.25) is 0 Å². The second-order valence-corrected chi connectivity index (χ2v) is 10.7. The van der Waals surface area contributed by atoms with Gasteiger partial charge in [-0.2, -0.15) is 0 Å². The van der Waals surface area contributed by atoms with Crippen LogP contribution in [-0.2, 0) is 4.74 Å². The van der Waals surface area contributed by atoms with E-state index >= 15 is 0 Å². The van der Waals surface area contributed by atoms with Crippen molar-refractivity contribution >= 4 is 0 Å². The molecule has 0 saturated heterocycles. The lowest BCUT2D eigenvalue weighted by molar-refractivity contribution is -0.0994. The van der Waals surface area contributed by atoms with Crippen molar-refractivity contribution in [2.45, 2.75) is 96.2 Å². The first-order valence-corrected chi connectivity index (χ1v) is 11.9. The zero-order valence-electron chi connectivity index (χ0n) is 17.5. The number of hydrogen-bond donors (Lipinski definition) is 2. The second kappa shape index (κ2) is 7.16. The zero-order chi connectivity index (χ0) is 19.4. The Balaban J connectivity index is 1.39. The van der Waals surface area contributed by atoms with Crippen LogP contribution in [-0.4, -0.2) is 29.0 Å². The maximum atomic E-state index is 10.5. The summed E-state index contributed by atoms with van der Waals surface area (Å²) in [6.45, 7) is 2.78. The van der Waals surface area contributed by atoms with Crippen molar-refractivity contribution in [1.29, 1.82) is 0 Å². The largest absolute Gasteiger partial charge is 0.495 e. The lowest BCUT2D eigenvalue weighted by atomic mass is 9.47. The van der Waals surface area contributed by atoms with Crippen LogP contribution in [0.1, 0.15) is 84.0 Å². The Morgan fingerprint density at radius 3 is 2.71 bits per heavy atom. The average molecular weight is 387 g/mol. The molecular formula is C25H38O3. The summed E-state index contributed by atoms with van der Waals surface area (Å²) in [5.41, 5.74) is 1.62. The van der Waals surface area contributed by atoms with E-state index < -0.39 is 0 Å². The maximum Gasteiger partial charge on any atom is 0.104 e. The Hall–Kier alpha value is -0.800. The average Bonchev–Trinajstić information content (AvgIpc) is 3.05. The Kier molecular flexibility index (Phi) is 4.91. The van der Waals surface area contributed by atoms with Gasteiger partial charge >= 0.3 is 0 Å². The van der Waals surface area contributed by atoms with E-state index in [1.807, 2.05) is 0 Å². The molecule has 0 aromatic rings. The normalized spacial score (nSPS) is 48.0. The molecule has 7 atom stereocenters. The van der Waals surface area contributed by atoms with E-state index in [0.717, 1.165) is 31.6 Å². The first kappa shape index (κ1) is 19.2. The van der Waals surface area contributed by atoms with Crippen molar-refractivity contribution < 1.29 is 14.9 Å². The molecule has 0 spiro atoms. The van der Waals surface area contributed by atoms with Crippen LogP contribution >= 0.6 is 0 Å². The number of fused-ring (bicyclic) bond motifs is 5. The zero-order valence-corrected chi connectivity index (χ0v) is 17.5. The van der Waals surface area contributed by atoms with Gasteiger partial charge in [0.2, 0.25) is 0 Å². The fraction of sp³-hybridized carbons (Fsp3) is 0.840. The van der Waals surface area contributed by atoms with Crippen LogP contribution in [0.25, 0.3) is 0 Å². The van der Waals surface area contributed by atoms with E-state index in [0.29, 0.717) is 23.4 Å². The van der Waals surface area contributed by atoms with Crippen molar-refractivity contribution in [2.75, 3.05) is 6.61 Å². The lowest BCUT2D eigenvalue weighted by Gasteiger charge is -2.58. The highest BCUT2D eigenvalue weighted by Gasteiger charge is 2.60. The van der Waals surface area contributed by atoms with Crippen LogP contribution < -0.4 is 0 Å². The highest BCUT2D eigenvalue weighted by atomic mass is 16.5. The summed E-state index contributed by atoms with van der Waals surface area (Å²) in [5, 5.41) is 20.7. The summed E-state index contributed by atoms with van der Waals surface area (Å²) in [7, 11) is 0. The highest BCUT2D eigenvalue weighted by Crippen LogP contribution is 2.66. The molecule has 5 aliphatic carbocycles. The first-order chi connectivity index (χ1) is 13.6. The van der Waals surface area contributed by atoms with Gasteiger partial charge < -0.3 is 14.9 Å². The third kappa shape index (κ3) is 2.83. The van der Waals surface area contributed by atoms with E-state index in [4.69, 9.17) is 4.74 Å². The molecule has 0 aromatic heterocycles. The molecule has 5 rings (SSSR count). The Morgan fingerprint density at radius 1 is 1.04 bits per heavy atom. The van der Waals surface area contributed by atoms with Crippen molar-refractivity contribution in [3.8, 4) is 0 Å². The molecular weight excluding hydrogens is 348 g/mol. The molecule has 28 heavy (non-hydrogen) atoms. The number of allylic oxidation sites excluding steroid dienone is 2. The van der Waals surface area contributed by atoms with Crippen molar-refractivity contribution in [3.63, 3.8) is 0 Å². The van der Waals surface area contributed by atoms with E-state index in [-0.39, 0.29) is 18.1 Å². The van der Waals surface area contributed by atoms with E-state index in [1.54, 1.807) is 0 Å². The molecule has 3 fully saturated rings. The molecule has 0 aliphatic heterocycles. The SMILES string of the molecule is C[C@]12CC[C@@H]3[C@@H](CCC4=CC(O)CC[C@@]43CO)[C@@H]1CCC2OC1=CCCCC1. The van der Waals surface area contributed by atoms with Gasteiger partial charge in [-0.05, 0) is 94.5 Å². The van der Waals surface area contributed by atoms with Crippen molar-refractivity contribution in [1.82, 2.24) is 0 Å². The molecule has 2 unspecified atom stereocenters. The Bertz CT molecular complexity index is 667. The molecule has 0 amide bonds. The summed E-state index contributed by atoms with van der Waals surface area (Å²) in [6.07, 6.45) is 18.5. The van der Waals surface area contributed by atoms with Gasteiger partial charge in [0.15, 0.2) is 0 Å².